The summed E-state index contributed by atoms with van der Waals surface area (Å²) in [6, 6.07) is 0. The Hall–Kier alpha value is -1.33. The van der Waals surface area contributed by atoms with Gasteiger partial charge in [0.15, 0.2) is 0 Å². The van der Waals surface area contributed by atoms with Crippen LogP contribution in [0.25, 0.3) is 0 Å². The van der Waals surface area contributed by atoms with Gasteiger partial charge in [0.25, 0.3) is 0 Å². The summed E-state index contributed by atoms with van der Waals surface area (Å²) in [6.07, 6.45) is 12.0. The normalized spacial score (nSPS) is 31.4. The molecule has 1 heterocycles. The lowest BCUT2D eigenvalue weighted by Crippen LogP contribution is -2.18. The Balaban J connectivity index is 1.83. The van der Waals surface area contributed by atoms with Crippen LogP contribution in [0, 0.1) is 11.8 Å². The number of fused-ring (bicyclic) bond motifs is 1. The lowest BCUT2D eigenvalue weighted by atomic mass is 9.90. The molecule has 25 heavy (non-hydrogen) atoms. The molecule has 0 aromatic carbocycles. The van der Waals surface area contributed by atoms with Crippen LogP contribution in [0.4, 0.5) is 0 Å². The van der Waals surface area contributed by atoms with Crippen LogP contribution in [-0.2, 0) is 9.53 Å². The van der Waals surface area contributed by atoms with Crippen molar-refractivity contribution in [2.45, 2.75) is 83.0 Å². The number of carbonyl (C=O) groups is 1. The van der Waals surface area contributed by atoms with E-state index in [9.17, 15) is 15.0 Å². The first-order valence-electron chi connectivity index (χ1n) is 9.63. The molecule has 142 valence electrons. The molecule has 0 spiro atoms. The van der Waals surface area contributed by atoms with E-state index in [1.165, 1.54) is 0 Å². The van der Waals surface area contributed by atoms with Gasteiger partial charge >= 0.3 is 5.97 Å². The molecule has 5 nitrogen and oxygen atoms in total. The van der Waals surface area contributed by atoms with Gasteiger partial charge in [0, 0.05) is 31.1 Å². The van der Waals surface area contributed by atoms with E-state index < -0.39 is 18.2 Å². The average Bonchev–Trinajstić information content (AvgIpc) is 3.06. The van der Waals surface area contributed by atoms with E-state index in [2.05, 4.69) is 6.92 Å². The molecule has 3 N–H and O–H groups in total. The second kappa shape index (κ2) is 9.97. The molecule has 5 atom stereocenters. The first kappa shape index (κ1) is 20.0. The number of unbranched alkanes of at least 4 members (excludes halogenated alkanes) is 3. The van der Waals surface area contributed by atoms with Gasteiger partial charge in [-0.05, 0) is 25.3 Å². The third-order valence-corrected chi connectivity index (χ3v) is 5.26. The molecule has 2 fully saturated rings. The number of hydrogen-bond acceptors (Lipinski definition) is 4. The van der Waals surface area contributed by atoms with E-state index in [1.54, 1.807) is 0 Å². The first-order valence-corrected chi connectivity index (χ1v) is 9.63. The van der Waals surface area contributed by atoms with E-state index in [1.807, 2.05) is 18.2 Å². The zero-order valence-corrected chi connectivity index (χ0v) is 15.1. The van der Waals surface area contributed by atoms with E-state index in [4.69, 9.17) is 9.84 Å². The molecule has 0 radical (unpaired) electrons. The summed E-state index contributed by atoms with van der Waals surface area (Å²) in [4.78, 5) is 10.5. The summed E-state index contributed by atoms with van der Waals surface area (Å²) in [5.41, 5.74) is 0. The van der Waals surface area contributed by atoms with Gasteiger partial charge in [-0.25, -0.2) is 0 Å². The predicted octanol–water partition coefficient (Wildman–Crippen LogP) is 3.41. The van der Waals surface area contributed by atoms with E-state index in [0.717, 1.165) is 37.9 Å². The van der Waals surface area contributed by atoms with Gasteiger partial charge in [0.05, 0.1) is 18.0 Å². The second-order valence-corrected chi connectivity index (χ2v) is 7.31. The lowest BCUT2D eigenvalue weighted by Gasteiger charge is -2.16. The molecule has 5 heteroatoms. The zero-order valence-electron chi connectivity index (χ0n) is 15.1. The minimum absolute atomic E-state index is 0.0238. The van der Waals surface area contributed by atoms with Crippen molar-refractivity contribution in [1.82, 2.24) is 0 Å². The van der Waals surface area contributed by atoms with E-state index in [-0.39, 0.29) is 24.4 Å². The molecular formula is C20H32O5. The number of allylic oxidation sites excluding steroid dienone is 2. The maximum atomic E-state index is 10.5. The summed E-state index contributed by atoms with van der Waals surface area (Å²) in [5.74, 6) is 0.429. The molecular weight excluding hydrogens is 320 g/mol. The van der Waals surface area contributed by atoms with E-state index in [0.29, 0.717) is 19.3 Å². The van der Waals surface area contributed by atoms with Gasteiger partial charge in [-0.15, -0.1) is 0 Å². The Labute approximate surface area is 150 Å². The zero-order chi connectivity index (χ0) is 18.2. The Morgan fingerprint density at radius 2 is 2.16 bits per heavy atom. The Morgan fingerprint density at radius 3 is 2.88 bits per heavy atom. The number of carboxylic acid groups (broad SMARTS) is 1. The Morgan fingerprint density at radius 1 is 1.36 bits per heavy atom. The van der Waals surface area contributed by atoms with Gasteiger partial charge in [-0.2, -0.15) is 0 Å². The maximum Gasteiger partial charge on any atom is 0.303 e. The van der Waals surface area contributed by atoms with E-state index >= 15 is 0 Å². The third-order valence-electron chi connectivity index (χ3n) is 5.26. The topological polar surface area (TPSA) is 87.0 Å². The van der Waals surface area contributed by atoms with Crippen LogP contribution in [0.15, 0.2) is 24.0 Å². The highest BCUT2D eigenvalue weighted by atomic mass is 16.5. The molecule has 1 aliphatic carbocycles. The summed E-state index contributed by atoms with van der Waals surface area (Å²) in [7, 11) is 0. The van der Waals surface area contributed by atoms with Crippen LogP contribution < -0.4 is 0 Å². The highest BCUT2D eigenvalue weighted by Crippen LogP contribution is 2.45. The average molecular weight is 352 g/mol. The predicted molar refractivity (Wildman–Crippen MR) is 96.0 cm³/mol. The lowest BCUT2D eigenvalue weighted by molar-refractivity contribution is -0.137. The van der Waals surface area contributed by atoms with Gasteiger partial charge in [-0.3, -0.25) is 4.79 Å². The van der Waals surface area contributed by atoms with Crippen molar-refractivity contribution in [1.29, 1.82) is 0 Å². The largest absolute Gasteiger partial charge is 0.495 e. The molecule has 1 saturated carbocycles. The number of aliphatic carboxylic acids is 1. The molecule has 0 amide bonds. The fourth-order valence-electron chi connectivity index (χ4n) is 3.86. The SMILES string of the molecule is CCCCCC(O)/C=C/C1C(O)CC2O/C(=C\CCCC(=O)O)CC21. The van der Waals surface area contributed by atoms with Crippen molar-refractivity contribution < 1.29 is 24.9 Å². The number of carboxylic acids is 1. The van der Waals surface area contributed by atoms with Gasteiger partial charge in [0.2, 0.25) is 0 Å². The standard InChI is InChI=1S/C20H32O5/c1-2-3-4-7-14(21)10-11-16-17-12-15(8-5-6-9-20(23)24)25-19(17)13-18(16)22/h8,10-11,14,16-19,21-22H,2-7,9,12-13H2,1H3,(H,23,24)/b11-10+,15-8-. The van der Waals surface area contributed by atoms with Crippen molar-refractivity contribution in [3.63, 3.8) is 0 Å². The third kappa shape index (κ3) is 6.15. The molecule has 0 aromatic rings. The second-order valence-electron chi connectivity index (χ2n) is 7.31. The van der Waals surface area contributed by atoms with Crippen molar-refractivity contribution in [2.24, 2.45) is 11.8 Å². The van der Waals surface area contributed by atoms with Crippen molar-refractivity contribution in [3.05, 3.63) is 24.0 Å². The van der Waals surface area contributed by atoms with Crippen LogP contribution in [0.5, 0.6) is 0 Å². The highest BCUT2D eigenvalue weighted by molar-refractivity contribution is 5.66. The van der Waals surface area contributed by atoms with Crippen LogP contribution in [0.1, 0.15) is 64.7 Å². The fourth-order valence-corrected chi connectivity index (χ4v) is 3.86. The number of rotatable bonds is 10. The number of hydrogen-bond donors (Lipinski definition) is 3. The molecule has 1 saturated heterocycles. The quantitative estimate of drug-likeness (QED) is 0.414. The highest BCUT2D eigenvalue weighted by Gasteiger charge is 2.46. The summed E-state index contributed by atoms with van der Waals surface area (Å²) in [5, 5.41) is 29.0. The van der Waals surface area contributed by atoms with Crippen molar-refractivity contribution in [2.75, 3.05) is 0 Å². The molecule has 0 bridgehead atoms. The smallest absolute Gasteiger partial charge is 0.303 e. The van der Waals surface area contributed by atoms with Crippen molar-refractivity contribution >= 4 is 5.97 Å². The van der Waals surface area contributed by atoms with Gasteiger partial charge < -0.3 is 20.1 Å². The van der Waals surface area contributed by atoms with Crippen LogP contribution >= 0.6 is 0 Å². The molecule has 0 aromatic heterocycles. The summed E-state index contributed by atoms with van der Waals surface area (Å²) in [6.45, 7) is 2.14. The van der Waals surface area contributed by atoms with Crippen molar-refractivity contribution in [3.8, 4) is 0 Å². The monoisotopic (exact) mass is 352 g/mol. The maximum absolute atomic E-state index is 10.5. The molecule has 2 aliphatic rings. The molecule has 1 aliphatic heterocycles. The first-order chi connectivity index (χ1) is 12.0. The van der Waals surface area contributed by atoms with Gasteiger partial charge in [-0.1, -0.05) is 38.3 Å². The minimum Gasteiger partial charge on any atom is -0.495 e. The number of aliphatic hydroxyl groups is 2. The summed E-state index contributed by atoms with van der Waals surface area (Å²) >= 11 is 0. The number of ether oxygens (including phenoxy) is 1. The Kier molecular flexibility index (Phi) is 7.97. The molecule has 2 rings (SSSR count). The Bertz CT molecular complexity index is 484. The molecule has 5 unspecified atom stereocenters. The number of aliphatic hydroxyl groups excluding tert-OH is 2. The fraction of sp³-hybridized carbons (Fsp3) is 0.750. The van der Waals surface area contributed by atoms with Crippen LogP contribution in [-0.4, -0.2) is 39.6 Å². The van der Waals surface area contributed by atoms with Crippen LogP contribution in [0.3, 0.4) is 0 Å². The van der Waals surface area contributed by atoms with Gasteiger partial charge in [0.1, 0.15) is 6.10 Å². The van der Waals surface area contributed by atoms with Crippen LogP contribution in [0.2, 0.25) is 0 Å². The minimum atomic E-state index is -0.770. The summed E-state index contributed by atoms with van der Waals surface area (Å²) < 4.78 is 5.94.